The molecule has 196 valence electrons. The number of hydrogen-bond acceptors (Lipinski definition) is 6. The molecular weight excluding hydrogens is 491 g/mol. The van der Waals surface area contributed by atoms with Crippen molar-refractivity contribution in [1.82, 2.24) is 10.5 Å². The van der Waals surface area contributed by atoms with Crippen LogP contribution in [0.4, 0.5) is 20.6 Å². The topological polar surface area (TPSA) is 115 Å². The molecule has 4 rings (SSSR count). The van der Waals surface area contributed by atoms with E-state index in [0.29, 0.717) is 34.3 Å². The lowest BCUT2D eigenvalue weighted by Crippen LogP contribution is -2.48. The third kappa shape index (κ3) is 7.40. The Morgan fingerprint density at radius 2 is 1.58 bits per heavy atom. The van der Waals surface area contributed by atoms with Crippen LogP contribution in [0.5, 0.6) is 11.5 Å². The van der Waals surface area contributed by atoms with Gasteiger partial charge in [0.05, 0.1) is 13.2 Å². The van der Waals surface area contributed by atoms with Crippen molar-refractivity contribution in [3.8, 4) is 11.5 Å². The summed E-state index contributed by atoms with van der Waals surface area (Å²) >= 11 is 0. The minimum absolute atomic E-state index is 0.0679. The van der Waals surface area contributed by atoms with Crippen LogP contribution < -0.4 is 20.7 Å². The van der Waals surface area contributed by atoms with Crippen molar-refractivity contribution in [2.24, 2.45) is 0 Å². The molecule has 10 heteroatoms. The molecule has 0 fully saturated rings. The molecule has 0 aliphatic heterocycles. The van der Waals surface area contributed by atoms with Crippen molar-refractivity contribution in [1.29, 1.82) is 0 Å². The zero-order valence-corrected chi connectivity index (χ0v) is 20.9. The van der Waals surface area contributed by atoms with Crippen LogP contribution in [0.3, 0.4) is 0 Å². The Balaban J connectivity index is 1.39. The summed E-state index contributed by atoms with van der Waals surface area (Å²) in [5.74, 6) is 0.606. The summed E-state index contributed by atoms with van der Waals surface area (Å²) in [4.78, 5) is 25.8. The molecule has 0 unspecified atom stereocenters. The van der Waals surface area contributed by atoms with Crippen LogP contribution in [0.1, 0.15) is 17.0 Å². The van der Waals surface area contributed by atoms with Crippen LogP contribution in [-0.4, -0.2) is 29.7 Å². The number of aryl methyl sites for hydroxylation is 2. The van der Waals surface area contributed by atoms with E-state index >= 15 is 0 Å². The second kappa shape index (κ2) is 12.5. The van der Waals surface area contributed by atoms with E-state index in [-0.39, 0.29) is 19.0 Å². The van der Waals surface area contributed by atoms with Gasteiger partial charge in [0.1, 0.15) is 34.7 Å². The van der Waals surface area contributed by atoms with E-state index in [0.717, 1.165) is 5.56 Å². The molecular formula is C28H27FN4O5. The zero-order chi connectivity index (χ0) is 26.9. The molecule has 0 saturated heterocycles. The van der Waals surface area contributed by atoms with Crippen molar-refractivity contribution in [2.75, 3.05) is 17.2 Å². The molecule has 0 saturated carbocycles. The summed E-state index contributed by atoms with van der Waals surface area (Å²) in [5.41, 5.74) is 2.37. The Morgan fingerprint density at radius 1 is 0.921 bits per heavy atom. The second-order valence-corrected chi connectivity index (χ2v) is 8.42. The Morgan fingerprint density at radius 3 is 2.21 bits per heavy atom. The van der Waals surface area contributed by atoms with Gasteiger partial charge in [0.2, 0.25) is 5.91 Å². The first kappa shape index (κ1) is 26.4. The molecule has 0 aliphatic rings. The van der Waals surface area contributed by atoms with E-state index < -0.39 is 18.0 Å². The number of carbonyl (C=O) groups is 2. The maximum Gasteiger partial charge on any atom is 0.320 e. The number of benzene rings is 3. The summed E-state index contributed by atoms with van der Waals surface area (Å²) in [7, 11) is 0. The van der Waals surface area contributed by atoms with E-state index in [4.69, 9.17) is 14.0 Å². The van der Waals surface area contributed by atoms with Crippen molar-refractivity contribution in [2.45, 2.75) is 26.5 Å². The highest BCUT2D eigenvalue weighted by Gasteiger charge is 2.23. The van der Waals surface area contributed by atoms with Gasteiger partial charge < -0.3 is 29.9 Å². The lowest BCUT2D eigenvalue weighted by molar-refractivity contribution is -0.119. The van der Waals surface area contributed by atoms with E-state index in [1.807, 2.05) is 30.3 Å². The largest absolute Gasteiger partial charge is 0.457 e. The molecule has 38 heavy (non-hydrogen) atoms. The molecule has 1 heterocycles. The zero-order valence-electron chi connectivity index (χ0n) is 20.9. The number of anilines is 2. The number of aromatic nitrogens is 1. The molecule has 0 aliphatic carbocycles. The molecule has 1 aromatic heterocycles. The van der Waals surface area contributed by atoms with Crippen LogP contribution in [-0.2, 0) is 16.1 Å². The third-order valence-electron chi connectivity index (χ3n) is 5.46. The second-order valence-electron chi connectivity index (χ2n) is 8.42. The molecule has 3 aromatic carbocycles. The van der Waals surface area contributed by atoms with Gasteiger partial charge in [-0.15, -0.1) is 0 Å². The molecule has 1 atom stereocenters. The van der Waals surface area contributed by atoms with Gasteiger partial charge in [0, 0.05) is 5.69 Å². The smallest absolute Gasteiger partial charge is 0.320 e. The predicted octanol–water partition coefficient (Wildman–Crippen LogP) is 5.57. The first-order valence-electron chi connectivity index (χ1n) is 11.8. The average molecular weight is 519 g/mol. The minimum Gasteiger partial charge on any atom is -0.457 e. The van der Waals surface area contributed by atoms with Crippen molar-refractivity contribution >= 4 is 23.3 Å². The Kier molecular flexibility index (Phi) is 8.68. The molecule has 0 spiro atoms. The van der Waals surface area contributed by atoms with Crippen molar-refractivity contribution in [3.63, 3.8) is 0 Å². The maximum absolute atomic E-state index is 13.1. The van der Waals surface area contributed by atoms with Gasteiger partial charge in [0.15, 0.2) is 5.76 Å². The normalized spacial score (nSPS) is 11.4. The van der Waals surface area contributed by atoms with E-state index in [1.54, 1.807) is 38.1 Å². The summed E-state index contributed by atoms with van der Waals surface area (Å²) in [6, 6.07) is 20.2. The van der Waals surface area contributed by atoms with E-state index in [1.165, 1.54) is 24.3 Å². The van der Waals surface area contributed by atoms with Gasteiger partial charge >= 0.3 is 6.03 Å². The predicted molar refractivity (Wildman–Crippen MR) is 140 cm³/mol. The van der Waals surface area contributed by atoms with Crippen LogP contribution in [0.15, 0.2) is 83.4 Å². The van der Waals surface area contributed by atoms with Gasteiger partial charge in [-0.05, 0) is 67.9 Å². The lowest BCUT2D eigenvalue weighted by Gasteiger charge is -2.19. The van der Waals surface area contributed by atoms with Crippen LogP contribution in [0, 0.1) is 19.7 Å². The molecule has 3 amide bonds. The summed E-state index contributed by atoms with van der Waals surface area (Å²) in [5, 5.41) is 11.9. The van der Waals surface area contributed by atoms with Crippen molar-refractivity contribution in [3.05, 3.63) is 102 Å². The monoisotopic (exact) mass is 518 g/mol. The highest BCUT2D eigenvalue weighted by Crippen LogP contribution is 2.23. The quantitative estimate of drug-likeness (QED) is 0.253. The first-order chi connectivity index (χ1) is 18.4. The maximum atomic E-state index is 13.1. The highest BCUT2D eigenvalue weighted by molar-refractivity contribution is 5.99. The highest BCUT2D eigenvalue weighted by atomic mass is 19.1. The molecule has 9 nitrogen and oxygen atoms in total. The number of ether oxygens (including phenoxy) is 2. The molecule has 4 aromatic rings. The number of nitrogens with zero attached hydrogens (tertiary/aromatic N) is 1. The molecule has 0 bridgehead atoms. The van der Waals surface area contributed by atoms with Crippen LogP contribution >= 0.6 is 0 Å². The molecule has 3 N–H and O–H groups in total. The van der Waals surface area contributed by atoms with E-state index in [9.17, 15) is 14.0 Å². The fourth-order valence-electron chi connectivity index (χ4n) is 3.50. The van der Waals surface area contributed by atoms with Crippen LogP contribution in [0.25, 0.3) is 0 Å². The summed E-state index contributed by atoms with van der Waals surface area (Å²) in [6.45, 7) is 3.57. The number of rotatable bonds is 10. The third-order valence-corrected chi connectivity index (χ3v) is 5.46. The summed E-state index contributed by atoms with van der Waals surface area (Å²) < 4.78 is 29.6. The van der Waals surface area contributed by atoms with Gasteiger partial charge in [-0.3, -0.25) is 4.79 Å². The van der Waals surface area contributed by atoms with Crippen LogP contribution in [0.2, 0.25) is 0 Å². The lowest BCUT2D eigenvalue weighted by atomic mass is 10.2. The minimum atomic E-state index is -1.01. The Hall–Kier alpha value is -4.70. The number of halogens is 1. The van der Waals surface area contributed by atoms with Gasteiger partial charge in [-0.25, -0.2) is 9.18 Å². The van der Waals surface area contributed by atoms with Gasteiger partial charge in [-0.2, -0.15) is 0 Å². The van der Waals surface area contributed by atoms with Gasteiger partial charge in [0.25, 0.3) is 0 Å². The SMILES string of the molecule is Cc1noc(C)c1NC(=O)N[C@@H](COCc1ccccc1)C(=O)Nc1ccc(Oc2ccc(F)cc2)cc1. The van der Waals surface area contributed by atoms with Crippen molar-refractivity contribution < 1.29 is 28.0 Å². The van der Waals surface area contributed by atoms with Gasteiger partial charge in [-0.1, -0.05) is 35.5 Å². The fraction of sp³-hybridized carbons (Fsp3) is 0.179. The number of hydrogen-bond donors (Lipinski definition) is 3. The number of amides is 3. The van der Waals surface area contributed by atoms with E-state index in [2.05, 4.69) is 21.1 Å². The molecule has 0 radical (unpaired) electrons. The number of nitrogens with one attached hydrogen (secondary N) is 3. The Labute approximate surface area is 218 Å². The standard InChI is InChI=1S/C28H27FN4O5/c1-18-26(19(2)38-33-18)32-28(35)31-25(17-36-16-20-6-4-3-5-7-20)27(34)30-22-10-14-24(15-11-22)37-23-12-8-21(29)9-13-23/h3-15,25H,16-17H2,1-2H3,(H,30,34)(H2,31,32,35)/t25-/m0/s1. The first-order valence-corrected chi connectivity index (χ1v) is 11.8. The summed E-state index contributed by atoms with van der Waals surface area (Å²) in [6.07, 6.45) is 0. The Bertz CT molecular complexity index is 1340. The number of urea groups is 1. The number of carbonyl (C=O) groups excluding carboxylic acids is 2. The average Bonchev–Trinajstić information content (AvgIpc) is 3.23. The fourth-order valence-corrected chi connectivity index (χ4v) is 3.50.